The Labute approximate surface area is 128 Å². The van der Waals surface area contributed by atoms with Crippen molar-refractivity contribution in [3.8, 4) is 0 Å². The summed E-state index contributed by atoms with van der Waals surface area (Å²) in [7, 11) is 0. The number of anilines is 1. The summed E-state index contributed by atoms with van der Waals surface area (Å²) >= 11 is 1.35. The molecule has 1 aliphatic rings. The second kappa shape index (κ2) is 7.49. The predicted octanol–water partition coefficient (Wildman–Crippen LogP) is 2.06. The Morgan fingerprint density at radius 3 is 2.76 bits per heavy atom. The molecule has 0 saturated carbocycles. The van der Waals surface area contributed by atoms with Crippen LogP contribution >= 0.6 is 11.8 Å². The molecular formula is C14H21N3O3S. The third-order valence-electron chi connectivity index (χ3n) is 3.41. The molecule has 0 spiro atoms. The van der Waals surface area contributed by atoms with Gasteiger partial charge in [-0.15, -0.1) is 11.8 Å². The van der Waals surface area contributed by atoms with Gasteiger partial charge in [-0.25, -0.2) is 0 Å². The van der Waals surface area contributed by atoms with Gasteiger partial charge in [0.1, 0.15) is 5.76 Å². The van der Waals surface area contributed by atoms with Crippen LogP contribution in [0.25, 0.3) is 0 Å². The molecule has 1 fully saturated rings. The number of nitrogens with zero attached hydrogens (tertiary/aromatic N) is 2. The van der Waals surface area contributed by atoms with Gasteiger partial charge in [0.25, 0.3) is 0 Å². The van der Waals surface area contributed by atoms with Gasteiger partial charge in [0.2, 0.25) is 11.8 Å². The summed E-state index contributed by atoms with van der Waals surface area (Å²) in [5.41, 5.74) is 0. The Morgan fingerprint density at radius 1 is 1.43 bits per heavy atom. The van der Waals surface area contributed by atoms with Gasteiger partial charge < -0.3 is 14.7 Å². The fourth-order valence-corrected chi connectivity index (χ4v) is 2.95. The summed E-state index contributed by atoms with van der Waals surface area (Å²) in [6.45, 7) is 5.24. The number of amides is 2. The Morgan fingerprint density at radius 2 is 2.14 bits per heavy atom. The Hall–Kier alpha value is -1.50. The molecule has 0 radical (unpaired) electrons. The van der Waals surface area contributed by atoms with E-state index in [1.54, 1.807) is 19.9 Å². The topological polar surface area (TPSA) is 75.4 Å². The smallest absolute Gasteiger partial charge is 0.238 e. The fraction of sp³-hybridized carbons (Fsp3) is 0.643. The number of aromatic nitrogens is 1. The van der Waals surface area contributed by atoms with E-state index in [0.717, 1.165) is 25.9 Å². The molecule has 1 aliphatic heterocycles. The molecule has 1 unspecified atom stereocenters. The summed E-state index contributed by atoms with van der Waals surface area (Å²) in [5, 5.41) is 6.08. The largest absolute Gasteiger partial charge is 0.360 e. The average molecular weight is 311 g/mol. The second-order valence-electron chi connectivity index (χ2n) is 5.21. The van der Waals surface area contributed by atoms with E-state index in [2.05, 4.69) is 10.5 Å². The van der Waals surface area contributed by atoms with E-state index >= 15 is 0 Å². The van der Waals surface area contributed by atoms with Gasteiger partial charge in [-0.05, 0) is 33.1 Å². The van der Waals surface area contributed by atoms with Crippen LogP contribution in [0.2, 0.25) is 0 Å². The Bertz CT molecular complexity index is 497. The molecule has 2 rings (SSSR count). The minimum Gasteiger partial charge on any atom is -0.360 e. The van der Waals surface area contributed by atoms with E-state index in [1.807, 2.05) is 4.90 Å². The molecule has 1 aromatic heterocycles. The van der Waals surface area contributed by atoms with Crippen LogP contribution in [-0.4, -0.2) is 46.0 Å². The highest BCUT2D eigenvalue weighted by molar-refractivity contribution is 8.01. The lowest BCUT2D eigenvalue weighted by molar-refractivity contribution is -0.129. The molecule has 1 aromatic rings. The van der Waals surface area contributed by atoms with Crippen molar-refractivity contribution in [1.82, 2.24) is 10.1 Å². The average Bonchev–Trinajstić information content (AvgIpc) is 2.90. The van der Waals surface area contributed by atoms with Crippen molar-refractivity contribution in [2.45, 2.75) is 38.4 Å². The fourth-order valence-electron chi connectivity index (χ4n) is 2.16. The number of aryl methyl sites for hydroxylation is 1. The number of nitrogens with one attached hydrogen (secondary N) is 1. The maximum absolute atomic E-state index is 12.0. The molecule has 2 heterocycles. The second-order valence-corrected chi connectivity index (χ2v) is 6.54. The third-order valence-corrected chi connectivity index (χ3v) is 4.54. The summed E-state index contributed by atoms with van der Waals surface area (Å²) in [6.07, 6.45) is 3.36. The van der Waals surface area contributed by atoms with Crippen LogP contribution in [0.15, 0.2) is 10.6 Å². The number of hydrogen-bond donors (Lipinski definition) is 1. The number of carbonyl (C=O) groups excluding carboxylic acids is 2. The van der Waals surface area contributed by atoms with Gasteiger partial charge in [-0.2, -0.15) is 0 Å². The van der Waals surface area contributed by atoms with E-state index in [9.17, 15) is 9.59 Å². The van der Waals surface area contributed by atoms with Crippen molar-refractivity contribution in [1.29, 1.82) is 0 Å². The minimum atomic E-state index is -0.309. The maximum Gasteiger partial charge on any atom is 0.238 e. The van der Waals surface area contributed by atoms with E-state index in [0.29, 0.717) is 17.3 Å². The van der Waals surface area contributed by atoms with Gasteiger partial charge in [-0.3, -0.25) is 9.59 Å². The van der Waals surface area contributed by atoms with Crippen LogP contribution in [0.3, 0.4) is 0 Å². The minimum absolute atomic E-state index is 0.122. The van der Waals surface area contributed by atoms with Crippen molar-refractivity contribution >= 4 is 29.4 Å². The van der Waals surface area contributed by atoms with Crippen molar-refractivity contribution < 1.29 is 14.1 Å². The number of hydrogen-bond acceptors (Lipinski definition) is 5. The van der Waals surface area contributed by atoms with Gasteiger partial charge in [-0.1, -0.05) is 5.16 Å². The molecule has 7 heteroatoms. The monoisotopic (exact) mass is 311 g/mol. The van der Waals surface area contributed by atoms with Crippen molar-refractivity contribution in [2.75, 3.05) is 24.2 Å². The van der Waals surface area contributed by atoms with Crippen molar-refractivity contribution in [2.24, 2.45) is 0 Å². The number of rotatable bonds is 5. The summed E-state index contributed by atoms with van der Waals surface area (Å²) < 4.78 is 4.89. The molecular weight excluding hydrogens is 290 g/mol. The number of thioether (sulfide) groups is 1. The molecule has 2 amide bonds. The Balaban J connectivity index is 1.74. The van der Waals surface area contributed by atoms with Crippen LogP contribution < -0.4 is 5.32 Å². The van der Waals surface area contributed by atoms with E-state index < -0.39 is 0 Å². The lowest BCUT2D eigenvalue weighted by atomic mass is 10.1. The molecule has 1 N–H and O–H groups in total. The summed E-state index contributed by atoms with van der Waals surface area (Å²) in [6, 6.07) is 1.66. The first kappa shape index (κ1) is 15.9. The van der Waals surface area contributed by atoms with Crippen LogP contribution in [-0.2, 0) is 9.59 Å². The highest BCUT2D eigenvalue weighted by Crippen LogP contribution is 2.16. The zero-order valence-corrected chi connectivity index (χ0v) is 13.2. The quantitative estimate of drug-likeness (QED) is 0.901. The van der Waals surface area contributed by atoms with Crippen LogP contribution in [0.1, 0.15) is 31.9 Å². The zero-order chi connectivity index (χ0) is 15.2. The number of carbonyl (C=O) groups is 2. The molecule has 1 atom stereocenters. The van der Waals surface area contributed by atoms with E-state index in [1.165, 1.54) is 18.2 Å². The number of piperidine rings is 1. The van der Waals surface area contributed by atoms with Crippen molar-refractivity contribution in [3.05, 3.63) is 11.8 Å². The SMILES string of the molecule is Cc1cc(NC(=O)C(C)SCC(=O)N2CCCCC2)no1. The first-order valence-corrected chi connectivity index (χ1v) is 8.24. The molecule has 0 aromatic carbocycles. The first-order chi connectivity index (χ1) is 10.1. The zero-order valence-electron chi connectivity index (χ0n) is 12.4. The summed E-state index contributed by atoms with van der Waals surface area (Å²) in [5.74, 6) is 1.35. The van der Waals surface area contributed by atoms with Crippen LogP contribution in [0.4, 0.5) is 5.82 Å². The first-order valence-electron chi connectivity index (χ1n) is 7.20. The molecule has 1 saturated heterocycles. The van der Waals surface area contributed by atoms with Gasteiger partial charge >= 0.3 is 0 Å². The summed E-state index contributed by atoms with van der Waals surface area (Å²) in [4.78, 5) is 25.9. The Kier molecular flexibility index (Phi) is 5.67. The molecule has 116 valence electrons. The molecule has 0 aliphatic carbocycles. The maximum atomic E-state index is 12.0. The standard InChI is InChI=1S/C14H21N3O3S/c1-10-8-12(16-20-10)15-14(19)11(2)21-9-13(18)17-6-4-3-5-7-17/h8,11H,3-7,9H2,1-2H3,(H,15,16,19). The number of likely N-dealkylation sites (tertiary alicyclic amines) is 1. The third kappa shape index (κ3) is 4.77. The van der Waals surface area contributed by atoms with Gasteiger partial charge in [0.15, 0.2) is 5.82 Å². The normalized spacial score (nSPS) is 16.6. The lowest BCUT2D eigenvalue weighted by Gasteiger charge is -2.26. The predicted molar refractivity (Wildman–Crippen MR) is 82.2 cm³/mol. The van der Waals surface area contributed by atoms with Crippen molar-refractivity contribution in [3.63, 3.8) is 0 Å². The molecule has 21 heavy (non-hydrogen) atoms. The molecule has 6 nitrogen and oxygen atoms in total. The van der Waals surface area contributed by atoms with Gasteiger partial charge in [0.05, 0.1) is 11.0 Å². The molecule has 0 bridgehead atoms. The lowest BCUT2D eigenvalue weighted by Crippen LogP contribution is -2.37. The van der Waals surface area contributed by atoms with E-state index in [4.69, 9.17) is 4.52 Å². The highest BCUT2D eigenvalue weighted by atomic mass is 32.2. The van der Waals surface area contributed by atoms with Crippen LogP contribution in [0, 0.1) is 6.92 Å². The highest BCUT2D eigenvalue weighted by Gasteiger charge is 2.20. The van der Waals surface area contributed by atoms with Crippen LogP contribution in [0.5, 0.6) is 0 Å². The van der Waals surface area contributed by atoms with Gasteiger partial charge in [0, 0.05) is 19.2 Å². The van der Waals surface area contributed by atoms with E-state index in [-0.39, 0.29) is 17.1 Å².